The number of hydrazine groups is 1. The molecule has 1 atom stereocenters. The minimum Gasteiger partial charge on any atom is -0.497 e. The van der Waals surface area contributed by atoms with Gasteiger partial charge < -0.3 is 9.75 Å². The summed E-state index contributed by atoms with van der Waals surface area (Å²) in [4.78, 5) is 0. The highest BCUT2D eigenvalue weighted by atomic mass is 16.5. The first-order valence-electron chi connectivity index (χ1n) is 6.47. The third-order valence-corrected chi connectivity index (χ3v) is 3.60. The van der Waals surface area contributed by atoms with Gasteiger partial charge in [-0.3, -0.25) is 0 Å². The zero-order valence-electron chi connectivity index (χ0n) is 10.8. The Hall–Kier alpha value is -1.22. The lowest BCUT2D eigenvalue weighted by atomic mass is 9.94. The third-order valence-electron chi connectivity index (χ3n) is 3.60. The van der Waals surface area contributed by atoms with E-state index in [-0.39, 0.29) is 0 Å². The van der Waals surface area contributed by atoms with Gasteiger partial charge in [0.25, 0.3) is 0 Å². The number of ether oxygens (including phenoxy) is 1. The van der Waals surface area contributed by atoms with Crippen LogP contribution in [0.4, 0.5) is 5.69 Å². The summed E-state index contributed by atoms with van der Waals surface area (Å²) in [6.07, 6.45) is 5.94. The molecule has 1 unspecified atom stereocenters. The summed E-state index contributed by atoms with van der Waals surface area (Å²) in [5.74, 6) is 7.14. The largest absolute Gasteiger partial charge is 0.497 e. The van der Waals surface area contributed by atoms with E-state index in [2.05, 4.69) is 19.1 Å². The van der Waals surface area contributed by atoms with Crippen LogP contribution in [0.1, 0.15) is 38.2 Å². The van der Waals surface area contributed by atoms with E-state index in [4.69, 9.17) is 10.6 Å². The molecule has 0 aliphatic carbocycles. The summed E-state index contributed by atoms with van der Waals surface area (Å²) in [5.41, 5.74) is 2.47. The van der Waals surface area contributed by atoms with Crippen LogP contribution in [-0.2, 0) is 6.42 Å². The third kappa shape index (κ3) is 2.55. The second-order valence-electron chi connectivity index (χ2n) is 4.74. The van der Waals surface area contributed by atoms with Gasteiger partial charge in [0.15, 0.2) is 0 Å². The fraction of sp³-hybridized carbons (Fsp3) is 0.571. The minimum absolute atomic E-state index is 0.496. The van der Waals surface area contributed by atoms with E-state index >= 15 is 0 Å². The zero-order valence-corrected chi connectivity index (χ0v) is 10.8. The van der Waals surface area contributed by atoms with Crippen LogP contribution in [0.3, 0.4) is 0 Å². The lowest BCUT2D eigenvalue weighted by molar-refractivity contribution is 0.413. The van der Waals surface area contributed by atoms with Crippen LogP contribution in [-0.4, -0.2) is 13.2 Å². The van der Waals surface area contributed by atoms with Crippen molar-refractivity contribution in [2.45, 2.75) is 45.1 Å². The maximum absolute atomic E-state index is 6.22. The average Bonchev–Trinajstić information content (AvgIpc) is 2.37. The molecule has 0 saturated heterocycles. The molecule has 2 rings (SSSR count). The van der Waals surface area contributed by atoms with E-state index in [9.17, 15) is 0 Å². The number of benzene rings is 1. The van der Waals surface area contributed by atoms with Crippen molar-refractivity contribution in [1.29, 1.82) is 0 Å². The highest BCUT2D eigenvalue weighted by Crippen LogP contribution is 2.32. The quantitative estimate of drug-likeness (QED) is 0.814. The van der Waals surface area contributed by atoms with E-state index in [1.54, 1.807) is 7.11 Å². The SMILES string of the molecule is CCCCC1CCc2cc(OC)ccc2N1N. The van der Waals surface area contributed by atoms with E-state index in [1.807, 2.05) is 11.1 Å². The second kappa shape index (κ2) is 5.41. The zero-order chi connectivity index (χ0) is 12.3. The summed E-state index contributed by atoms with van der Waals surface area (Å²) in [5, 5.41) is 1.95. The predicted molar refractivity (Wildman–Crippen MR) is 71.3 cm³/mol. The number of fused-ring (bicyclic) bond motifs is 1. The van der Waals surface area contributed by atoms with Gasteiger partial charge in [-0.25, -0.2) is 5.84 Å². The molecule has 94 valence electrons. The predicted octanol–water partition coefficient (Wildman–Crippen LogP) is 2.88. The van der Waals surface area contributed by atoms with Crippen molar-refractivity contribution in [1.82, 2.24) is 0 Å². The maximum Gasteiger partial charge on any atom is 0.119 e. The number of hydrogen-bond donors (Lipinski definition) is 1. The topological polar surface area (TPSA) is 38.5 Å². The van der Waals surface area contributed by atoms with Crippen molar-refractivity contribution < 1.29 is 4.74 Å². The monoisotopic (exact) mass is 234 g/mol. The molecule has 1 aromatic rings. The Morgan fingerprint density at radius 1 is 1.47 bits per heavy atom. The smallest absolute Gasteiger partial charge is 0.119 e. The normalized spacial score (nSPS) is 19.0. The number of methoxy groups -OCH3 is 1. The number of anilines is 1. The van der Waals surface area contributed by atoms with Crippen molar-refractivity contribution in [2.75, 3.05) is 12.1 Å². The summed E-state index contributed by atoms with van der Waals surface area (Å²) >= 11 is 0. The molecule has 0 amide bonds. The molecule has 0 aromatic heterocycles. The number of nitrogens with two attached hydrogens (primary N) is 1. The number of unbranched alkanes of at least 4 members (excludes halogenated alkanes) is 1. The number of nitrogens with zero attached hydrogens (tertiary/aromatic N) is 1. The average molecular weight is 234 g/mol. The number of rotatable bonds is 4. The molecule has 1 aromatic carbocycles. The van der Waals surface area contributed by atoms with Crippen LogP contribution in [0.5, 0.6) is 5.75 Å². The summed E-state index contributed by atoms with van der Waals surface area (Å²) < 4.78 is 5.25. The Morgan fingerprint density at radius 2 is 2.29 bits per heavy atom. The summed E-state index contributed by atoms with van der Waals surface area (Å²) in [6, 6.07) is 6.66. The van der Waals surface area contributed by atoms with Crippen molar-refractivity contribution in [2.24, 2.45) is 5.84 Å². The van der Waals surface area contributed by atoms with Gasteiger partial charge >= 0.3 is 0 Å². The van der Waals surface area contributed by atoms with Crippen molar-refractivity contribution in [3.63, 3.8) is 0 Å². The number of hydrogen-bond acceptors (Lipinski definition) is 3. The van der Waals surface area contributed by atoms with Crippen LogP contribution in [0.25, 0.3) is 0 Å². The van der Waals surface area contributed by atoms with Gasteiger partial charge in [-0.2, -0.15) is 0 Å². The molecular formula is C14H22N2O. The summed E-state index contributed by atoms with van der Waals surface area (Å²) in [6.45, 7) is 2.22. The molecule has 0 bridgehead atoms. The molecule has 17 heavy (non-hydrogen) atoms. The molecule has 3 heteroatoms. The highest BCUT2D eigenvalue weighted by molar-refractivity contribution is 5.57. The lowest BCUT2D eigenvalue weighted by Crippen LogP contribution is -2.44. The first-order chi connectivity index (χ1) is 8.26. The van der Waals surface area contributed by atoms with Crippen molar-refractivity contribution >= 4 is 5.69 Å². The first-order valence-corrected chi connectivity index (χ1v) is 6.47. The van der Waals surface area contributed by atoms with Crippen molar-refractivity contribution in [3.8, 4) is 5.75 Å². The maximum atomic E-state index is 6.22. The van der Waals surface area contributed by atoms with Crippen LogP contribution < -0.4 is 15.6 Å². The van der Waals surface area contributed by atoms with E-state index in [1.165, 1.54) is 24.8 Å². The molecule has 1 heterocycles. The lowest BCUT2D eigenvalue weighted by Gasteiger charge is -2.35. The Morgan fingerprint density at radius 3 is 3.00 bits per heavy atom. The Bertz CT molecular complexity index is 378. The van der Waals surface area contributed by atoms with Crippen molar-refractivity contribution in [3.05, 3.63) is 23.8 Å². The van der Waals surface area contributed by atoms with Crippen LogP contribution >= 0.6 is 0 Å². The fourth-order valence-corrected chi connectivity index (χ4v) is 2.52. The minimum atomic E-state index is 0.496. The molecular weight excluding hydrogens is 212 g/mol. The van der Waals surface area contributed by atoms with Gasteiger partial charge in [0.1, 0.15) is 5.75 Å². The second-order valence-corrected chi connectivity index (χ2v) is 4.74. The van der Waals surface area contributed by atoms with Gasteiger partial charge in [0.05, 0.1) is 12.8 Å². The Kier molecular flexibility index (Phi) is 3.89. The Labute approximate surface area is 104 Å². The molecule has 1 aliphatic rings. The Balaban J connectivity index is 2.15. The van der Waals surface area contributed by atoms with Crippen LogP contribution in [0.15, 0.2) is 18.2 Å². The molecule has 2 N–H and O–H groups in total. The van der Waals surface area contributed by atoms with E-state index in [0.717, 1.165) is 24.3 Å². The highest BCUT2D eigenvalue weighted by Gasteiger charge is 2.23. The first kappa shape index (κ1) is 12.2. The van der Waals surface area contributed by atoms with Gasteiger partial charge in [0, 0.05) is 6.04 Å². The van der Waals surface area contributed by atoms with E-state index in [0.29, 0.717) is 6.04 Å². The van der Waals surface area contributed by atoms with Crippen LogP contribution in [0.2, 0.25) is 0 Å². The molecule has 0 spiro atoms. The molecule has 0 radical (unpaired) electrons. The van der Waals surface area contributed by atoms with Gasteiger partial charge in [-0.05, 0) is 43.0 Å². The van der Waals surface area contributed by atoms with Gasteiger partial charge in [0.2, 0.25) is 0 Å². The molecule has 1 aliphatic heterocycles. The molecule has 0 saturated carbocycles. The summed E-state index contributed by atoms with van der Waals surface area (Å²) in [7, 11) is 1.70. The van der Waals surface area contributed by atoms with Gasteiger partial charge in [-0.15, -0.1) is 0 Å². The van der Waals surface area contributed by atoms with Gasteiger partial charge in [-0.1, -0.05) is 19.8 Å². The van der Waals surface area contributed by atoms with Crippen LogP contribution in [0, 0.1) is 0 Å². The number of aryl methyl sites for hydroxylation is 1. The molecule has 3 nitrogen and oxygen atoms in total. The molecule has 0 fully saturated rings. The van der Waals surface area contributed by atoms with E-state index < -0.39 is 0 Å². The standard InChI is InChI=1S/C14H22N2O/c1-3-4-5-12-7-6-11-10-13(17-2)8-9-14(11)16(12)15/h8-10,12H,3-7,15H2,1-2H3. The fourth-order valence-electron chi connectivity index (χ4n) is 2.52.